The smallest absolute Gasteiger partial charge is 0.408 e. The van der Waals surface area contributed by atoms with Gasteiger partial charge in [0.25, 0.3) is 0 Å². The van der Waals surface area contributed by atoms with Crippen molar-refractivity contribution in [2.45, 2.75) is 127 Å². The number of halogens is 1. The predicted molar refractivity (Wildman–Crippen MR) is 216 cm³/mol. The topological polar surface area (TPSA) is 202 Å². The van der Waals surface area contributed by atoms with Crippen LogP contribution in [0, 0.1) is 17.2 Å². The molecule has 12 atom stereocenters. The maximum Gasteiger partial charge on any atom is 0.408 e. The van der Waals surface area contributed by atoms with Crippen LogP contribution in [-0.2, 0) is 42.7 Å². The first kappa shape index (κ1) is 45.3. The van der Waals surface area contributed by atoms with Crippen molar-refractivity contribution < 1.29 is 66.9 Å². The summed E-state index contributed by atoms with van der Waals surface area (Å²) in [5, 5.41) is 27.5. The van der Waals surface area contributed by atoms with Gasteiger partial charge in [-0.05, 0) is 95.6 Å². The second-order valence-electron chi connectivity index (χ2n) is 18.4. The lowest BCUT2D eigenvalue weighted by atomic mass is 9.48. The van der Waals surface area contributed by atoms with Gasteiger partial charge < -0.3 is 53.6 Å². The standard InChI is InChI=1S/C45H56FN3O13/c1-23-28(57-40(53)34(51)33(32-27(46)16-13-19-47-32)48-41(54)62-42(4,5)6)20-44(55)24(2)31(23)35-37(59-30(58-35)21-49(8)9)43(7)18-17-29-45(22-56-29,61-25(3)50)36(43)38(44)60-39(52)26-14-11-10-12-15-26/h10-16,19,28-30,33-38,51,55H,2,17-18,20-22H2,1,3-9H3,(H,48,54)/t28-,29+,30+,33-,34+,35+,36-,37+,38-,43+,44-,45-/m0/s1. The summed E-state index contributed by atoms with van der Waals surface area (Å²) in [5.41, 5.74) is -5.19. The van der Waals surface area contributed by atoms with Crippen molar-refractivity contribution in [2.24, 2.45) is 11.3 Å². The Hall–Kier alpha value is -4.78. The van der Waals surface area contributed by atoms with Gasteiger partial charge in [0.2, 0.25) is 0 Å². The van der Waals surface area contributed by atoms with Gasteiger partial charge >= 0.3 is 24.0 Å². The number of esters is 3. The van der Waals surface area contributed by atoms with Gasteiger partial charge in [-0.1, -0.05) is 31.7 Å². The van der Waals surface area contributed by atoms with Gasteiger partial charge in [0.15, 0.2) is 18.0 Å². The molecular formula is C45H56FN3O13. The fourth-order valence-corrected chi connectivity index (χ4v) is 10.0. The van der Waals surface area contributed by atoms with Crippen LogP contribution < -0.4 is 5.32 Å². The number of nitrogens with zero attached hydrogens (tertiary/aromatic N) is 2. The van der Waals surface area contributed by atoms with Crippen LogP contribution >= 0.6 is 0 Å². The minimum atomic E-state index is -2.26. The van der Waals surface area contributed by atoms with Crippen molar-refractivity contribution in [3.63, 3.8) is 0 Å². The third kappa shape index (κ3) is 8.14. The number of benzene rings is 1. The molecule has 0 unspecified atom stereocenters. The highest BCUT2D eigenvalue weighted by Crippen LogP contribution is 2.64. The SMILES string of the molecule is C=C1C2=C(C)[C@@H](OC(=O)[C@H](O)[C@@H](NC(=O)OC(C)(C)C)c3ncccc3F)C[C@@]1(O)[C@@H](OC(=O)c1ccccc1)[C@H]1[C@@](C)(CC[C@H]3OC[C@]31OC(C)=O)[C@@H]1O[C@H](CN(C)C)O[C@H]21. The molecule has 2 bridgehead atoms. The highest BCUT2D eigenvalue weighted by atomic mass is 19.1. The van der Waals surface area contributed by atoms with Crippen LogP contribution in [0.1, 0.15) is 82.9 Å². The molecule has 16 nitrogen and oxygen atoms in total. The average molecular weight is 866 g/mol. The van der Waals surface area contributed by atoms with E-state index in [-0.39, 0.29) is 17.7 Å². The lowest BCUT2D eigenvalue weighted by Crippen LogP contribution is -2.78. The minimum Gasteiger partial charge on any atom is -0.456 e. The van der Waals surface area contributed by atoms with Crippen molar-refractivity contribution in [3.05, 3.63) is 89.0 Å². The summed E-state index contributed by atoms with van der Waals surface area (Å²) >= 11 is 0. The lowest BCUT2D eigenvalue weighted by Gasteiger charge is -2.66. The predicted octanol–water partition coefficient (Wildman–Crippen LogP) is 4.09. The molecular weight excluding hydrogens is 810 g/mol. The number of carbonyl (C=O) groups is 4. The number of nitrogens with one attached hydrogen (secondary N) is 1. The molecule has 1 aromatic heterocycles. The summed E-state index contributed by atoms with van der Waals surface area (Å²) < 4.78 is 59.1. The molecule has 3 aliphatic carbocycles. The molecule has 7 rings (SSSR count). The number of carbonyl (C=O) groups excluding carboxylic acids is 4. The summed E-state index contributed by atoms with van der Waals surface area (Å²) in [6.45, 7) is 14.4. The molecule has 62 heavy (non-hydrogen) atoms. The molecule has 3 heterocycles. The fourth-order valence-electron chi connectivity index (χ4n) is 10.0. The fraction of sp³-hybridized carbons (Fsp3) is 0.578. The van der Waals surface area contributed by atoms with Crippen LogP contribution in [0.15, 0.2) is 72.0 Å². The number of aromatic nitrogens is 1. The molecule has 2 saturated heterocycles. The first-order chi connectivity index (χ1) is 29.1. The largest absolute Gasteiger partial charge is 0.456 e. The van der Waals surface area contributed by atoms with Gasteiger partial charge in [0.1, 0.15) is 53.2 Å². The zero-order valence-corrected chi connectivity index (χ0v) is 36.2. The zero-order valence-electron chi connectivity index (χ0n) is 36.2. The zero-order chi connectivity index (χ0) is 45.1. The summed E-state index contributed by atoms with van der Waals surface area (Å²) in [6.07, 6.45) is -7.85. The van der Waals surface area contributed by atoms with E-state index in [0.717, 1.165) is 6.07 Å². The molecule has 2 aliphatic heterocycles. The van der Waals surface area contributed by atoms with E-state index in [0.29, 0.717) is 30.5 Å². The van der Waals surface area contributed by atoms with E-state index in [9.17, 15) is 29.4 Å². The minimum absolute atomic E-state index is 0.0821. The molecule has 0 radical (unpaired) electrons. The van der Waals surface area contributed by atoms with Crippen LogP contribution in [-0.4, -0.2) is 131 Å². The van der Waals surface area contributed by atoms with E-state index in [2.05, 4.69) is 16.9 Å². The number of fused-ring (bicyclic) bond motifs is 8. The van der Waals surface area contributed by atoms with Gasteiger partial charge in [-0.25, -0.2) is 18.8 Å². The summed E-state index contributed by atoms with van der Waals surface area (Å²) in [7, 11) is 3.71. The second kappa shape index (κ2) is 16.7. The Kier molecular flexibility index (Phi) is 12.2. The third-order valence-electron chi connectivity index (χ3n) is 12.7. The maximum absolute atomic E-state index is 15.3. The van der Waals surface area contributed by atoms with E-state index in [4.69, 9.17) is 33.2 Å². The van der Waals surface area contributed by atoms with E-state index < -0.39 is 119 Å². The highest BCUT2D eigenvalue weighted by Gasteiger charge is 2.75. The second-order valence-corrected chi connectivity index (χ2v) is 18.4. The molecule has 0 spiro atoms. The number of pyridine rings is 1. The number of rotatable bonds is 10. The number of hydrogen-bond donors (Lipinski definition) is 3. The maximum atomic E-state index is 15.3. The third-order valence-corrected chi connectivity index (χ3v) is 12.7. The number of ether oxygens (including phenoxy) is 7. The van der Waals surface area contributed by atoms with Gasteiger partial charge in [-0.3, -0.25) is 9.78 Å². The number of aliphatic hydroxyl groups is 2. The van der Waals surface area contributed by atoms with Gasteiger partial charge in [-0.15, -0.1) is 0 Å². The van der Waals surface area contributed by atoms with E-state index >= 15 is 4.39 Å². The van der Waals surface area contributed by atoms with Crippen LogP contribution in [0.5, 0.6) is 0 Å². The Balaban J connectivity index is 1.36. The van der Waals surface area contributed by atoms with Gasteiger partial charge in [0.05, 0.1) is 24.2 Å². The molecule has 3 N–H and O–H groups in total. The molecule has 4 fully saturated rings. The van der Waals surface area contributed by atoms with Crippen LogP contribution in [0.4, 0.5) is 9.18 Å². The number of aliphatic hydroxyl groups excluding tert-OH is 1. The molecule has 1 aromatic carbocycles. The van der Waals surface area contributed by atoms with E-state index in [1.807, 2.05) is 25.9 Å². The van der Waals surface area contributed by atoms with Crippen molar-refractivity contribution >= 4 is 24.0 Å². The first-order valence-electron chi connectivity index (χ1n) is 20.7. The Morgan fingerprint density at radius 1 is 1.10 bits per heavy atom. The molecule has 2 saturated carbocycles. The van der Waals surface area contributed by atoms with Crippen LogP contribution in [0.2, 0.25) is 0 Å². The Morgan fingerprint density at radius 3 is 2.42 bits per heavy atom. The van der Waals surface area contributed by atoms with Crippen molar-refractivity contribution in [1.82, 2.24) is 15.2 Å². The molecule has 1 amide bonds. The van der Waals surface area contributed by atoms with E-state index in [1.165, 1.54) is 19.2 Å². The van der Waals surface area contributed by atoms with Crippen molar-refractivity contribution in [1.29, 1.82) is 0 Å². The summed E-state index contributed by atoms with van der Waals surface area (Å²) in [6, 6.07) is 8.74. The quantitative estimate of drug-likeness (QED) is 0.228. The molecule has 336 valence electrons. The number of amides is 1. The number of alkyl carbamates (subject to hydrolysis) is 1. The average Bonchev–Trinajstić information content (AvgIpc) is 3.59. The van der Waals surface area contributed by atoms with Crippen LogP contribution in [0.3, 0.4) is 0 Å². The summed E-state index contributed by atoms with van der Waals surface area (Å²) in [5.74, 6) is -4.68. The highest BCUT2D eigenvalue weighted by molar-refractivity contribution is 5.89. The Morgan fingerprint density at radius 2 is 1.81 bits per heavy atom. The number of hydrogen-bond acceptors (Lipinski definition) is 15. The molecule has 2 aromatic rings. The van der Waals surface area contributed by atoms with E-state index in [1.54, 1.807) is 58.0 Å². The van der Waals surface area contributed by atoms with Crippen molar-refractivity contribution in [2.75, 3.05) is 27.2 Å². The summed E-state index contributed by atoms with van der Waals surface area (Å²) in [4.78, 5) is 60.5. The molecule has 17 heteroatoms. The first-order valence-corrected chi connectivity index (χ1v) is 20.7. The lowest BCUT2D eigenvalue weighted by molar-refractivity contribution is -0.337. The van der Waals surface area contributed by atoms with Crippen molar-refractivity contribution in [3.8, 4) is 0 Å². The van der Waals surface area contributed by atoms with Gasteiger partial charge in [-0.2, -0.15) is 0 Å². The Bertz CT molecular complexity index is 2130. The van der Waals surface area contributed by atoms with Gasteiger partial charge in [0, 0.05) is 31.5 Å². The van der Waals surface area contributed by atoms with Crippen LogP contribution in [0.25, 0.3) is 0 Å². The molecule has 5 aliphatic rings. The monoisotopic (exact) mass is 865 g/mol. The normalized spacial score (nSPS) is 33.6. The number of likely N-dealkylation sites (N-methyl/N-ethyl adjacent to an activating group) is 1. The Labute approximate surface area is 359 Å².